The van der Waals surface area contributed by atoms with E-state index in [-0.39, 0.29) is 11.0 Å². The summed E-state index contributed by atoms with van der Waals surface area (Å²) < 4.78 is 0. The van der Waals surface area contributed by atoms with Gasteiger partial charge >= 0.3 is 5.97 Å². The molecule has 3 N–H and O–H groups in total. The number of para-hydroxylation sites is 1. The minimum Gasteiger partial charge on any atom is -0.645 e. The first kappa shape index (κ1) is 16.5. The monoisotopic (exact) mass is 305 g/mol. The largest absolute Gasteiger partial charge is 0.645 e. The quantitative estimate of drug-likeness (QED) is 0.621. The van der Waals surface area contributed by atoms with Gasteiger partial charge in [0.2, 0.25) is 5.03 Å². The van der Waals surface area contributed by atoms with Crippen molar-refractivity contribution in [2.24, 2.45) is 4.99 Å². The molecule has 0 aromatic heterocycles. The average molecular weight is 306 g/mol. The first-order chi connectivity index (χ1) is 9.86. The Bertz CT molecular complexity index is 638. The van der Waals surface area contributed by atoms with Crippen molar-refractivity contribution in [2.75, 3.05) is 0 Å². The molecule has 0 radical (unpaired) electrons. The maximum Gasteiger partial charge on any atom is 0.377 e. The highest BCUT2D eigenvalue weighted by atomic mass is 35.5. The smallest absolute Gasteiger partial charge is 0.377 e. The molecule has 7 heteroatoms. The molecular weight excluding hydrogens is 294 g/mol. The number of carboxylic acid groups (broad SMARTS) is 1. The van der Waals surface area contributed by atoms with E-state index >= 15 is 0 Å². The summed E-state index contributed by atoms with van der Waals surface area (Å²) in [6, 6.07) is 6.87. The molecule has 108 valence electrons. The molecule has 1 amide bonds. The number of hydrogen-bond acceptors (Lipinski definition) is 4. The number of nitrogens with zero attached hydrogens (tertiary/aromatic N) is 1. The van der Waals surface area contributed by atoms with Gasteiger partial charge in [0.25, 0.3) is 5.71 Å². The van der Waals surface area contributed by atoms with Gasteiger partial charge in [-0.05, 0) is 18.6 Å². The van der Waals surface area contributed by atoms with E-state index in [9.17, 15) is 9.59 Å². The second kappa shape index (κ2) is 7.25. The van der Waals surface area contributed by atoms with E-state index in [4.69, 9.17) is 27.9 Å². The number of benzene rings is 1. The first-order valence-corrected chi connectivity index (χ1v) is 6.13. The van der Waals surface area contributed by atoms with Crippen molar-refractivity contribution >= 4 is 41.1 Å². The fraction of sp³-hybridized carbons (Fsp3) is 0.0714. The third kappa shape index (κ3) is 4.47. The molecule has 0 heterocycles. The summed E-state index contributed by atoms with van der Waals surface area (Å²) in [5.41, 5.74) is 7.63. The van der Waals surface area contributed by atoms with Crippen LogP contribution < -0.4 is 0 Å². The van der Waals surface area contributed by atoms with E-state index in [0.29, 0.717) is 11.9 Å². The maximum absolute atomic E-state index is 11.2. The zero-order valence-corrected chi connectivity index (χ0v) is 11.8. The lowest BCUT2D eigenvalue weighted by Crippen LogP contribution is -2.15. The predicted molar refractivity (Wildman–Crippen MR) is 81.2 cm³/mol. The minimum absolute atomic E-state index is 0.329. The molecule has 21 heavy (non-hydrogen) atoms. The SMILES string of the molecule is Cc1ccccc1N=C(C(=O)O)/C(Cl)=C/[C+](C=N)C([NH-])=O. The van der Waals surface area contributed by atoms with Crippen LogP contribution in [0.3, 0.4) is 0 Å². The lowest BCUT2D eigenvalue weighted by atomic mass is 10.1. The van der Waals surface area contributed by atoms with Crippen LogP contribution in [-0.4, -0.2) is 28.9 Å². The standard InChI is InChI=1S/C14H12ClN3O3/c1-8-4-2-3-5-11(8)18-12(14(20)21)10(15)6-9(7-16)13(17)19/h2-7,16H,1H3,(H2-,17,19,20,21)/b10-6-,16-7?,18-12?. The molecule has 0 saturated carbocycles. The van der Waals surface area contributed by atoms with Crippen molar-refractivity contribution in [3.05, 3.63) is 52.6 Å². The van der Waals surface area contributed by atoms with Gasteiger partial charge in [-0.2, -0.15) is 0 Å². The molecule has 1 aromatic rings. The van der Waals surface area contributed by atoms with Crippen LogP contribution in [0.2, 0.25) is 0 Å². The van der Waals surface area contributed by atoms with Crippen LogP contribution in [-0.2, 0) is 9.59 Å². The Hall–Kier alpha value is -2.60. The molecule has 0 aliphatic rings. The lowest BCUT2D eigenvalue weighted by Gasteiger charge is -2.01. The van der Waals surface area contributed by atoms with Gasteiger partial charge in [-0.3, -0.25) is 10.2 Å². The number of aliphatic carboxylic acids is 1. The molecule has 0 saturated heterocycles. The number of nitrogens with one attached hydrogen (secondary N) is 2. The van der Waals surface area contributed by atoms with Crippen molar-refractivity contribution in [3.63, 3.8) is 0 Å². The van der Waals surface area contributed by atoms with Gasteiger partial charge in [-0.25, -0.2) is 9.79 Å². The second-order valence-electron chi connectivity index (χ2n) is 3.97. The number of rotatable bonds is 6. The number of carbonyl (C=O) groups is 2. The van der Waals surface area contributed by atoms with E-state index < -0.39 is 17.6 Å². The molecular formula is C14H12ClN3O3. The number of aliphatic imine (C=N–C) groups is 1. The Morgan fingerprint density at radius 3 is 2.52 bits per heavy atom. The van der Waals surface area contributed by atoms with E-state index in [1.807, 2.05) is 0 Å². The predicted octanol–water partition coefficient (Wildman–Crippen LogP) is 3.08. The van der Waals surface area contributed by atoms with Crippen LogP contribution in [0, 0.1) is 18.3 Å². The van der Waals surface area contributed by atoms with Crippen LogP contribution in [0.15, 0.2) is 40.4 Å². The summed E-state index contributed by atoms with van der Waals surface area (Å²) in [4.78, 5) is 26.1. The topological polar surface area (TPSA) is 114 Å². The fourth-order valence-corrected chi connectivity index (χ4v) is 1.63. The summed E-state index contributed by atoms with van der Waals surface area (Å²) in [5, 5.41) is 15.8. The molecule has 0 unspecified atom stereocenters. The number of carboxylic acids is 1. The van der Waals surface area contributed by atoms with Gasteiger partial charge < -0.3 is 10.8 Å². The van der Waals surface area contributed by atoms with Crippen LogP contribution in [0.1, 0.15) is 5.56 Å². The van der Waals surface area contributed by atoms with Gasteiger partial charge in [0.05, 0.1) is 5.69 Å². The zero-order valence-electron chi connectivity index (χ0n) is 11.1. The van der Waals surface area contributed by atoms with Crippen molar-refractivity contribution in [1.29, 1.82) is 5.41 Å². The van der Waals surface area contributed by atoms with Crippen LogP contribution in [0.4, 0.5) is 5.69 Å². The number of hydrogen-bond donors (Lipinski definition) is 2. The Morgan fingerprint density at radius 1 is 1.43 bits per heavy atom. The van der Waals surface area contributed by atoms with E-state index in [2.05, 4.69) is 4.99 Å². The Kier molecular flexibility index (Phi) is 5.68. The minimum atomic E-state index is -1.37. The van der Waals surface area contributed by atoms with Crippen molar-refractivity contribution < 1.29 is 14.7 Å². The van der Waals surface area contributed by atoms with Crippen LogP contribution >= 0.6 is 11.6 Å². The maximum atomic E-state index is 11.2. The molecule has 0 atom stereocenters. The van der Waals surface area contributed by atoms with Crippen LogP contribution in [0.5, 0.6) is 0 Å². The van der Waals surface area contributed by atoms with Crippen LogP contribution in [0.25, 0.3) is 5.73 Å². The van der Waals surface area contributed by atoms with E-state index in [1.54, 1.807) is 31.2 Å². The molecule has 1 aromatic carbocycles. The number of aryl methyl sites for hydroxylation is 1. The highest BCUT2D eigenvalue weighted by Crippen LogP contribution is 2.21. The van der Waals surface area contributed by atoms with Gasteiger partial charge in [0, 0.05) is 11.6 Å². The number of amides is 1. The summed E-state index contributed by atoms with van der Waals surface area (Å²) in [7, 11) is 0. The molecule has 0 fully saturated rings. The number of carbonyl (C=O) groups excluding carboxylic acids is 1. The van der Waals surface area contributed by atoms with Gasteiger partial charge in [0.1, 0.15) is 18.2 Å². The summed E-state index contributed by atoms with van der Waals surface area (Å²) in [6.45, 7) is 1.76. The fourth-order valence-electron chi connectivity index (χ4n) is 1.39. The zero-order chi connectivity index (χ0) is 16.0. The molecule has 1 rings (SSSR count). The molecule has 0 spiro atoms. The summed E-state index contributed by atoms with van der Waals surface area (Å²) in [5.74, 6) is -2.84. The lowest BCUT2D eigenvalue weighted by molar-refractivity contribution is -0.129. The molecule has 0 bridgehead atoms. The highest BCUT2D eigenvalue weighted by molar-refractivity contribution is 6.58. The Morgan fingerprint density at radius 2 is 2.05 bits per heavy atom. The van der Waals surface area contributed by atoms with Crippen molar-refractivity contribution in [2.45, 2.75) is 6.92 Å². The average Bonchev–Trinajstić information content (AvgIpc) is 2.42. The van der Waals surface area contributed by atoms with Gasteiger partial charge in [-0.1, -0.05) is 18.2 Å². The van der Waals surface area contributed by atoms with Crippen molar-refractivity contribution in [1.82, 2.24) is 0 Å². The second-order valence-corrected chi connectivity index (χ2v) is 4.38. The Balaban J connectivity index is 3.28. The first-order valence-electron chi connectivity index (χ1n) is 5.75. The summed E-state index contributed by atoms with van der Waals surface area (Å²) in [6.07, 6.45) is 1.57. The third-order valence-electron chi connectivity index (χ3n) is 2.48. The van der Waals surface area contributed by atoms with Gasteiger partial charge in [0.15, 0.2) is 5.91 Å². The molecule has 6 nitrogen and oxygen atoms in total. The molecule has 0 aliphatic carbocycles. The normalized spacial score (nSPS) is 11.9. The number of halogens is 1. The summed E-state index contributed by atoms with van der Waals surface area (Å²) >= 11 is 5.85. The van der Waals surface area contributed by atoms with E-state index in [1.165, 1.54) is 0 Å². The van der Waals surface area contributed by atoms with Crippen molar-refractivity contribution in [3.8, 4) is 0 Å². The van der Waals surface area contributed by atoms with E-state index in [0.717, 1.165) is 11.6 Å². The Labute approximate surface area is 126 Å². The van der Waals surface area contributed by atoms with Gasteiger partial charge in [-0.15, -0.1) is 0 Å². The molecule has 0 aliphatic heterocycles. The highest BCUT2D eigenvalue weighted by Gasteiger charge is 2.25. The third-order valence-corrected chi connectivity index (χ3v) is 2.76.